The van der Waals surface area contributed by atoms with Crippen LogP contribution in [-0.2, 0) is 0 Å². The summed E-state index contributed by atoms with van der Waals surface area (Å²) in [6.45, 7) is 4.46. The van der Waals surface area contributed by atoms with E-state index in [2.05, 4.69) is 5.32 Å². The first-order valence-electron chi connectivity index (χ1n) is 6.38. The highest BCUT2D eigenvalue weighted by atomic mass is 16.6. The second kappa shape index (κ2) is 7.58. The molecule has 1 unspecified atom stereocenters. The van der Waals surface area contributed by atoms with Crippen molar-refractivity contribution in [2.24, 2.45) is 0 Å². The molecule has 1 rings (SSSR count). The van der Waals surface area contributed by atoms with Crippen LogP contribution in [0.5, 0.6) is 5.75 Å². The van der Waals surface area contributed by atoms with Gasteiger partial charge in [-0.15, -0.1) is 0 Å². The van der Waals surface area contributed by atoms with E-state index < -0.39 is 4.92 Å². The highest BCUT2D eigenvalue weighted by molar-refractivity contribution is 5.68. The lowest BCUT2D eigenvalue weighted by molar-refractivity contribution is -0.384. The van der Waals surface area contributed by atoms with Crippen molar-refractivity contribution in [1.29, 1.82) is 0 Å². The van der Waals surface area contributed by atoms with E-state index in [1.165, 1.54) is 0 Å². The summed E-state index contributed by atoms with van der Waals surface area (Å²) >= 11 is 0. The van der Waals surface area contributed by atoms with E-state index in [1.54, 1.807) is 32.0 Å². The van der Waals surface area contributed by atoms with Gasteiger partial charge < -0.3 is 15.2 Å². The molecule has 1 aromatic carbocycles. The lowest BCUT2D eigenvalue weighted by Crippen LogP contribution is -2.08. The van der Waals surface area contributed by atoms with E-state index in [9.17, 15) is 10.1 Å². The van der Waals surface area contributed by atoms with Gasteiger partial charge in [0.25, 0.3) is 0 Å². The maximum Gasteiger partial charge on any atom is 0.333 e. The van der Waals surface area contributed by atoms with Crippen LogP contribution in [0.4, 0.5) is 11.4 Å². The van der Waals surface area contributed by atoms with Crippen LogP contribution in [0, 0.1) is 10.1 Å². The third kappa shape index (κ3) is 4.75. The maximum atomic E-state index is 11.1. The smallest absolute Gasteiger partial charge is 0.333 e. The Labute approximate surface area is 112 Å². The van der Waals surface area contributed by atoms with Crippen molar-refractivity contribution < 1.29 is 14.8 Å². The Morgan fingerprint density at radius 3 is 2.84 bits per heavy atom. The van der Waals surface area contributed by atoms with Gasteiger partial charge in [0.1, 0.15) is 5.69 Å². The molecule has 0 aliphatic rings. The fourth-order valence-electron chi connectivity index (χ4n) is 1.75. The van der Waals surface area contributed by atoms with Crippen LogP contribution in [0.15, 0.2) is 18.2 Å². The molecule has 0 fully saturated rings. The SMILES string of the molecule is CCOc1cccc(NCCCC(C)O)c1[N+](=O)[O-]. The summed E-state index contributed by atoms with van der Waals surface area (Å²) in [5.41, 5.74) is 0.405. The number of nitro benzene ring substituents is 1. The van der Waals surface area contributed by atoms with Crippen LogP contribution < -0.4 is 10.1 Å². The number of aliphatic hydroxyl groups is 1. The predicted octanol–water partition coefficient (Wildman–Crippen LogP) is 2.57. The minimum Gasteiger partial charge on any atom is -0.487 e. The number of hydrogen-bond acceptors (Lipinski definition) is 5. The third-order valence-corrected chi connectivity index (χ3v) is 2.60. The van der Waals surface area contributed by atoms with Crippen molar-refractivity contribution in [3.8, 4) is 5.75 Å². The molecule has 0 aliphatic carbocycles. The zero-order valence-corrected chi connectivity index (χ0v) is 11.3. The van der Waals surface area contributed by atoms with Gasteiger partial charge in [-0.1, -0.05) is 6.07 Å². The van der Waals surface area contributed by atoms with Gasteiger partial charge in [-0.2, -0.15) is 0 Å². The Bertz CT molecular complexity index is 421. The molecule has 6 nitrogen and oxygen atoms in total. The first kappa shape index (κ1) is 15.2. The van der Waals surface area contributed by atoms with Gasteiger partial charge in [0.2, 0.25) is 0 Å². The van der Waals surface area contributed by atoms with Gasteiger partial charge in [-0.05, 0) is 38.8 Å². The van der Waals surface area contributed by atoms with Crippen LogP contribution in [-0.4, -0.2) is 29.3 Å². The van der Waals surface area contributed by atoms with Crippen LogP contribution in [0.3, 0.4) is 0 Å². The monoisotopic (exact) mass is 268 g/mol. The predicted molar refractivity (Wildman–Crippen MR) is 73.7 cm³/mol. The van der Waals surface area contributed by atoms with Gasteiger partial charge in [0.05, 0.1) is 17.6 Å². The summed E-state index contributed by atoms with van der Waals surface area (Å²) in [4.78, 5) is 10.7. The second-order valence-corrected chi connectivity index (χ2v) is 4.26. The Kier molecular flexibility index (Phi) is 6.08. The molecule has 0 radical (unpaired) electrons. The van der Waals surface area contributed by atoms with E-state index in [1.807, 2.05) is 0 Å². The number of hydrogen-bond donors (Lipinski definition) is 2. The Hall–Kier alpha value is -1.82. The highest BCUT2D eigenvalue weighted by Gasteiger charge is 2.20. The first-order valence-corrected chi connectivity index (χ1v) is 6.38. The average molecular weight is 268 g/mol. The third-order valence-electron chi connectivity index (χ3n) is 2.60. The van der Waals surface area contributed by atoms with Gasteiger partial charge in [0, 0.05) is 6.54 Å². The maximum absolute atomic E-state index is 11.1. The molecule has 0 heterocycles. The number of benzene rings is 1. The lowest BCUT2D eigenvalue weighted by atomic mass is 10.2. The first-order chi connectivity index (χ1) is 9.06. The van der Waals surface area contributed by atoms with Crippen molar-refractivity contribution in [3.05, 3.63) is 28.3 Å². The second-order valence-electron chi connectivity index (χ2n) is 4.26. The molecule has 1 aromatic rings. The Morgan fingerprint density at radius 2 is 2.26 bits per heavy atom. The summed E-state index contributed by atoms with van der Waals surface area (Å²) in [5.74, 6) is 0.271. The molecule has 0 aromatic heterocycles. The number of nitrogens with one attached hydrogen (secondary N) is 1. The van der Waals surface area contributed by atoms with Crippen LogP contribution in [0.2, 0.25) is 0 Å². The molecule has 19 heavy (non-hydrogen) atoms. The molecule has 0 amide bonds. The molecule has 0 aliphatic heterocycles. The molecular weight excluding hydrogens is 248 g/mol. The summed E-state index contributed by atoms with van der Waals surface area (Å²) in [6, 6.07) is 4.96. The molecular formula is C13H20N2O4. The molecule has 2 N–H and O–H groups in total. The standard InChI is InChI=1S/C13H20N2O4/c1-3-19-12-8-4-7-11(13(12)15(17)18)14-9-5-6-10(2)16/h4,7-8,10,14,16H,3,5-6,9H2,1-2H3. The van der Waals surface area contributed by atoms with Crippen LogP contribution in [0.25, 0.3) is 0 Å². The van der Waals surface area contributed by atoms with Gasteiger partial charge in [0.15, 0.2) is 5.75 Å². The number of rotatable bonds is 8. The van der Waals surface area contributed by atoms with Crippen molar-refractivity contribution in [1.82, 2.24) is 0 Å². The number of ether oxygens (including phenoxy) is 1. The summed E-state index contributed by atoms with van der Waals surface area (Å²) < 4.78 is 5.26. The van der Waals surface area contributed by atoms with E-state index in [0.717, 1.165) is 6.42 Å². The van der Waals surface area contributed by atoms with E-state index in [0.29, 0.717) is 25.3 Å². The summed E-state index contributed by atoms with van der Waals surface area (Å²) in [7, 11) is 0. The van der Waals surface area contributed by atoms with E-state index >= 15 is 0 Å². The van der Waals surface area contributed by atoms with E-state index in [4.69, 9.17) is 9.84 Å². The zero-order chi connectivity index (χ0) is 14.3. The van der Waals surface area contributed by atoms with Gasteiger partial charge >= 0.3 is 5.69 Å². The summed E-state index contributed by atoms with van der Waals surface area (Å²) in [5, 5.41) is 23.3. The minimum absolute atomic E-state index is 0.0404. The topological polar surface area (TPSA) is 84.6 Å². The molecule has 6 heteroatoms. The zero-order valence-electron chi connectivity index (χ0n) is 11.3. The van der Waals surface area contributed by atoms with Crippen LogP contribution in [0.1, 0.15) is 26.7 Å². The quantitative estimate of drug-likeness (QED) is 0.430. The van der Waals surface area contributed by atoms with Crippen molar-refractivity contribution >= 4 is 11.4 Å². The number of nitrogens with zero attached hydrogens (tertiary/aromatic N) is 1. The lowest BCUT2D eigenvalue weighted by Gasteiger charge is -2.10. The number of anilines is 1. The molecule has 0 saturated carbocycles. The number of nitro groups is 1. The molecule has 1 atom stereocenters. The Balaban J connectivity index is 2.76. The highest BCUT2D eigenvalue weighted by Crippen LogP contribution is 2.34. The normalized spacial score (nSPS) is 11.9. The van der Waals surface area contributed by atoms with Gasteiger partial charge in [-0.3, -0.25) is 10.1 Å². The average Bonchev–Trinajstić information content (AvgIpc) is 2.34. The van der Waals surface area contributed by atoms with Crippen LogP contribution >= 0.6 is 0 Å². The van der Waals surface area contributed by atoms with Crippen molar-refractivity contribution in [3.63, 3.8) is 0 Å². The minimum atomic E-state index is -0.442. The fourth-order valence-corrected chi connectivity index (χ4v) is 1.75. The van der Waals surface area contributed by atoms with Crippen molar-refractivity contribution in [2.45, 2.75) is 32.8 Å². The summed E-state index contributed by atoms with van der Waals surface area (Å²) in [6.07, 6.45) is 1.05. The largest absolute Gasteiger partial charge is 0.487 e. The molecule has 0 bridgehead atoms. The van der Waals surface area contributed by atoms with Gasteiger partial charge in [-0.25, -0.2) is 0 Å². The molecule has 106 valence electrons. The van der Waals surface area contributed by atoms with Crippen molar-refractivity contribution in [2.75, 3.05) is 18.5 Å². The number of para-hydroxylation sites is 1. The molecule has 0 saturated heterocycles. The fraction of sp³-hybridized carbons (Fsp3) is 0.538. The Morgan fingerprint density at radius 1 is 1.53 bits per heavy atom. The molecule has 0 spiro atoms. The number of aliphatic hydroxyl groups excluding tert-OH is 1. The van der Waals surface area contributed by atoms with E-state index in [-0.39, 0.29) is 17.5 Å².